The van der Waals surface area contributed by atoms with Gasteiger partial charge in [0.15, 0.2) is 0 Å². The first-order valence-corrected chi connectivity index (χ1v) is 9.99. The minimum Gasteiger partial charge on any atom is -0.374 e. The van der Waals surface area contributed by atoms with Crippen molar-refractivity contribution in [3.63, 3.8) is 0 Å². The first-order chi connectivity index (χ1) is 13.2. The first-order valence-electron chi connectivity index (χ1n) is 9.11. The molecule has 1 amide bonds. The van der Waals surface area contributed by atoms with Crippen LogP contribution in [0.25, 0.3) is 5.69 Å². The van der Waals surface area contributed by atoms with E-state index in [0.717, 1.165) is 30.0 Å². The number of para-hydroxylation sites is 3. The monoisotopic (exact) mass is 378 g/mol. The molecule has 2 heterocycles. The van der Waals surface area contributed by atoms with Crippen LogP contribution < -0.4 is 10.2 Å². The molecule has 1 unspecified atom stereocenters. The number of rotatable bonds is 4. The Bertz CT molecular complexity index is 925. The van der Waals surface area contributed by atoms with Gasteiger partial charge in [-0.1, -0.05) is 31.2 Å². The summed E-state index contributed by atoms with van der Waals surface area (Å²) < 4.78 is 1.80. The molecular formula is C21H22N4OS. The highest BCUT2D eigenvalue weighted by molar-refractivity contribution is 8.00. The average Bonchev–Trinajstić information content (AvgIpc) is 3.16. The summed E-state index contributed by atoms with van der Waals surface area (Å²) in [6.45, 7) is 3.20. The zero-order valence-electron chi connectivity index (χ0n) is 15.2. The number of anilines is 2. The Kier molecular flexibility index (Phi) is 5.16. The maximum atomic E-state index is 13.0. The van der Waals surface area contributed by atoms with Crippen LogP contribution in [0.4, 0.5) is 11.4 Å². The summed E-state index contributed by atoms with van der Waals surface area (Å²) in [7, 11) is 0. The minimum absolute atomic E-state index is 0.0763. The Hall–Kier alpha value is -2.73. The predicted molar refractivity (Wildman–Crippen MR) is 111 cm³/mol. The van der Waals surface area contributed by atoms with Crippen LogP contribution in [0.2, 0.25) is 0 Å². The number of benzene rings is 2. The van der Waals surface area contributed by atoms with Gasteiger partial charge in [-0.15, -0.1) is 11.8 Å². The largest absolute Gasteiger partial charge is 0.374 e. The lowest BCUT2D eigenvalue weighted by atomic mass is 10.2. The number of carbonyl (C=O) groups excluding carboxylic acids is 1. The van der Waals surface area contributed by atoms with E-state index in [1.54, 1.807) is 10.9 Å². The second-order valence-electron chi connectivity index (χ2n) is 6.55. The normalized spacial score (nSPS) is 16.5. The SMILES string of the molecule is CC1CCN(C(=O)CNc2ccccc2-n2cccn2)c2ccccc2S1. The van der Waals surface area contributed by atoms with Gasteiger partial charge in [0.2, 0.25) is 5.91 Å². The van der Waals surface area contributed by atoms with Gasteiger partial charge in [0.25, 0.3) is 0 Å². The topological polar surface area (TPSA) is 50.2 Å². The number of fused-ring (bicyclic) bond motifs is 1. The van der Waals surface area contributed by atoms with Crippen molar-refractivity contribution in [2.75, 3.05) is 23.3 Å². The molecule has 1 aliphatic rings. The number of hydrogen-bond donors (Lipinski definition) is 1. The van der Waals surface area contributed by atoms with Gasteiger partial charge in [-0.2, -0.15) is 5.10 Å². The van der Waals surface area contributed by atoms with Crippen molar-refractivity contribution >= 4 is 29.0 Å². The third-order valence-electron chi connectivity index (χ3n) is 4.63. The fraction of sp³-hybridized carbons (Fsp3) is 0.238. The standard InChI is InChI=1S/C21H22N4OS/c1-16-11-14-24(19-9-4-5-10-20(19)27-16)21(26)15-22-17-7-2-3-8-18(17)25-13-6-12-23-25/h2-10,12-13,16,22H,11,14-15H2,1H3. The van der Waals surface area contributed by atoms with E-state index in [2.05, 4.69) is 23.4 Å². The molecule has 27 heavy (non-hydrogen) atoms. The van der Waals surface area contributed by atoms with Crippen LogP contribution in [0.1, 0.15) is 13.3 Å². The lowest BCUT2D eigenvalue weighted by Crippen LogP contribution is -2.36. The van der Waals surface area contributed by atoms with Gasteiger partial charge in [-0.05, 0) is 36.8 Å². The van der Waals surface area contributed by atoms with Crippen LogP contribution in [0.15, 0.2) is 71.9 Å². The fourth-order valence-electron chi connectivity index (χ4n) is 3.25. The van der Waals surface area contributed by atoms with Gasteiger partial charge < -0.3 is 10.2 Å². The minimum atomic E-state index is 0.0763. The zero-order valence-corrected chi connectivity index (χ0v) is 16.0. The summed E-state index contributed by atoms with van der Waals surface area (Å²) in [6.07, 6.45) is 4.62. The predicted octanol–water partition coefficient (Wildman–Crippen LogP) is 4.20. The molecule has 5 nitrogen and oxygen atoms in total. The van der Waals surface area contributed by atoms with Gasteiger partial charge >= 0.3 is 0 Å². The molecule has 1 N–H and O–H groups in total. The highest BCUT2D eigenvalue weighted by Crippen LogP contribution is 2.37. The molecule has 0 saturated heterocycles. The third-order valence-corrected chi connectivity index (χ3v) is 5.87. The Morgan fingerprint density at radius 2 is 1.93 bits per heavy atom. The van der Waals surface area contributed by atoms with E-state index < -0.39 is 0 Å². The van der Waals surface area contributed by atoms with E-state index in [0.29, 0.717) is 5.25 Å². The number of nitrogens with zero attached hydrogens (tertiary/aromatic N) is 3. The van der Waals surface area contributed by atoms with Gasteiger partial charge in [0.05, 0.1) is 23.6 Å². The first kappa shape index (κ1) is 17.7. The second-order valence-corrected chi connectivity index (χ2v) is 8.03. The van der Waals surface area contributed by atoms with Crippen molar-refractivity contribution in [3.8, 4) is 5.69 Å². The molecule has 138 valence electrons. The molecular weight excluding hydrogens is 356 g/mol. The molecule has 4 rings (SSSR count). The van der Waals surface area contributed by atoms with E-state index in [-0.39, 0.29) is 12.5 Å². The number of amides is 1. The Morgan fingerprint density at radius 1 is 1.15 bits per heavy atom. The van der Waals surface area contributed by atoms with Crippen molar-refractivity contribution in [2.45, 2.75) is 23.5 Å². The highest BCUT2D eigenvalue weighted by Gasteiger charge is 2.24. The lowest BCUT2D eigenvalue weighted by molar-refractivity contribution is -0.117. The molecule has 1 aromatic heterocycles. The second kappa shape index (κ2) is 7.88. The number of carbonyl (C=O) groups is 1. The highest BCUT2D eigenvalue weighted by atomic mass is 32.2. The third kappa shape index (κ3) is 3.85. The van der Waals surface area contributed by atoms with Crippen molar-refractivity contribution in [1.29, 1.82) is 0 Å². The molecule has 0 saturated carbocycles. The smallest absolute Gasteiger partial charge is 0.246 e. The van der Waals surface area contributed by atoms with Crippen LogP contribution in [-0.2, 0) is 4.79 Å². The molecule has 0 radical (unpaired) electrons. The molecule has 1 aliphatic heterocycles. The summed E-state index contributed by atoms with van der Waals surface area (Å²) in [6, 6.07) is 17.9. The Balaban J connectivity index is 1.53. The Morgan fingerprint density at radius 3 is 2.74 bits per heavy atom. The van der Waals surface area contributed by atoms with Crippen LogP contribution >= 0.6 is 11.8 Å². The Labute approximate surface area is 163 Å². The molecule has 0 aliphatic carbocycles. The molecule has 6 heteroatoms. The maximum absolute atomic E-state index is 13.0. The summed E-state index contributed by atoms with van der Waals surface area (Å²) in [4.78, 5) is 16.1. The molecule has 2 aromatic carbocycles. The number of aromatic nitrogens is 2. The summed E-state index contributed by atoms with van der Waals surface area (Å²) in [5.41, 5.74) is 2.83. The fourth-order valence-corrected chi connectivity index (χ4v) is 4.36. The van der Waals surface area contributed by atoms with Crippen LogP contribution in [0.5, 0.6) is 0 Å². The average molecular weight is 379 g/mol. The van der Waals surface area contributed by atoms with Crippen LogP contribution in [-0.4, -0.2) is 34.0 Å². The van der Waals surface area contributed by atoms with Gasteiger partial charge in [-0.3, -0.25) is 4.79 Å². The van der Waals surface area contributed by atoms with E-state index in [1.165, 1.54) is 4.90 Å². The molecule has 3 aromatic rings. The summed E-state index contributed by atoms with van der Waals surface area (Å²) in [5, 5.41) is 8.09. The lowest BCUT2D eigenvalue weighted by Gasteiger charge is -2.23. The van der Waals surface area contributed by atoms with Crippen molar-refractivity contribution < 1.29 is 4.79 Å². The molecule has 1 atom stereocenters. The van der Waals surface area contributed by atoms with Gasteiger partial charge in [-0.25, -0.2) is 4.68 Å². The van der Waals surface area contributed by atoms with Crippen LogP contribution in [0.3, 0.4) is 0 Å². The molecule has 0 spiro atoms. The van der Waals surface area contributed by atoms with Crippen molar-refractivity contribution in [3.05, 3.63) is 67.0 Å². The summed E-state index contributed by atoms with van der Waals surface area (Å²) in [5.74, 6) is 0.0763. The number of thioether (sulfide) groups is 1. The van der Waals surface area contributed by atoms with Crippen molar-refractivity contribution in [1.82, 2.24) is 9.78 Å². The quantitative estimate of drug-likeness (QED) is 0.739. The van der Waals surface area contributed by atoms with Gasteiger partial charge in [0.1, 0.15) is 0 Å². The maximum Gasteiger partial charge on any atom is 0.246 e. The van der Waals surface area contributed by atoms with E-state index in [9.17, 15) is 4.79 Å². The number of hydrogen-bond acceptors (Lipinski definition) is 4. The molecule has 0 bridgehead atoms. The number of nitrogens with one attached hydrogen (secondary N) is 1. The van der Waals surface area contributed by atoms with Gasteiger partial charge in [0, 0.05) is 29.1 Å². The van der Waals surface area contributed by atoms with E-state index in [1.807, 2.05) is 71.4 Å². The summed E-state index contributed by atoms with van der Waals surface area (Å²) >= 11 is 1.84. The van der Waals surface area contributed by atoms with Crippen molar-refractivity contribution in [2.24, 2.45) is 0 Å². The zero-order chi connectivity index (χ0) is 18.6. The molecule has 0 fully saturated rings. The van der Waals surface area contributed by atoms with E-state index >= 15 is 0 Å². The van der Waals surface area contributed by atoms with Crippen LogP contribution in [0, 0.1) is 0 Å². The van der Waals surface area contributed by atoms with E-state index in [4.69, 9.17) is 0 Å².